The largest absolute Gasteiger partial charge is 0.493 e. The molecule has 2 rings (SSSR count). The molecule has 0 N–H and O–H groups in total. The first-order valence-electron chi connectivity index (χ1n) is 7.05. The van der Waals surface area contributed by atoms with Gasteiger partial charge in [-0.05, 0) is 24.3 Å². The fraction of sp³-hybridized carbons (Fsp3) is 0.167. The second-order valence-electron chi connectivity index (χ2n) is 4.76. The van der Waals surface area contributed by atoms with Gasteiger partial charge in [0.25, 0.3) is 0 Å². The molecule has 0 aromatic heterocycles. The molecule has 0 fully saturated rings. The number of esters is 1. The Kier molecular flexibility index (Phi) is 6.37. The minimum atomic E-state index is -0.581. The van der Waals surface area contributed by atoms with Gasteiger partial charge in [0.15, 0.2) is 11.5 Å². The smallest absolute Gasteiger partial charge is 0.331 e. The zero-order valence-corrected chi connectivity index (χ0v) is 14.8. The summed E-state index contributed by atoms with van der Waals surface area (Å²) in [4.78, 5) is 11.8. The Balaban J connectivity index is 2.03. The van der Waals surface area contributed by atoms with Crippen molar-refractivity contribution in [3.63, 3.8) is 0 Å². The topological polar surface area (TPSA) is 44.8 Å². The summed E-state index contributed by atoms with van der Waals surface area (Å²) in [5.74, 6) is 0.0609. The lowest BCUT2D eigenvalue weighted by molar-refractivity contribution is -0.138. The van der Waals surface area contributed by atoms with Gasteiger partial charge in [-0.3, -0.25) is 0 Å². The number of para-hydroxylation sites is 1. The van der Waals surface area contributed by atoms with Crippen LogP contribution in [0.2, 0.25) is 0 Å². The Hall–Kier alpha value is -2.34. The van der Waals surface area contributed by atoms with Crippen molar-refractivity contribution in [2.24, 2.45) is 0 Å². The minimum Gasteiger partial charge on any atom is -0.493 e. The molecule has 0 aliphatic heterocycles. The van der Waals surface area contributed by atoms with Crippen molar-refractivity contribution in [3.05, 3.63) is 63.9 Å². The quantitative estimate of drug-likeness (QED) is 0.539. The lowest BCUT2D eigenvalue weighted by atomic mass is 10.1. The van der Waals surface area contributed by atoms with Crippen LogP contribution in [0.15, 0.2) is 46.9 Å². The summed E-state index contributed by atoms with van der Waals surface area (Å²) in [5.41, 5.74) is 0.975. The highest BCUT2D eigenvalue weighted by Crippen LogP contribution is 2.31. The van der Waals surface area contributed by atoms with Crippen LogP contribution in [0.25, 0.3) is 6.08 Å². The van der Waals surface area contributed by atoms with E-state index in [2.05, 4.69) is 15.9 Å². The fourth-order valence-corrected chi connectivity index (χ4v) is 2.37. The van der Waals surface area contributed by atoms with Gasteiger partial charge in [-0.15, -0.1) is 0 Å². The highest BCUT2D eigenvalue weighted by molar-refractivity contribution is 9.10. The second-order valence-corrected chi connectivity index (χ2v) is 5.68. The van der Waals surface area contributed by atoms with Crippen molar-refractivity contribution in [3.8, 4) is 11.5 Å². The summed E-state index contributed by atoms with van der Waals surface area (Å²) in [5, 5.41) is 0. The maximum Gasteiger partial charge on any atom is 0.331 e. The van der Waals surface area contributed by atoms with E-state index in [1.807, 2.05) is 0 Å². The summed E-state index contributed by atoms with van der Waals surface area (Å²) in [7, 11) is 3.05. The molecule has 0 saturated heterocycles. The second kappa shape index (κ2) is 8.49. The van der Waals surface area contributed by atoms with Crippen LogP contribution < -0.4 is 9.47 Å². The van der Waals surface area contributed by atoms with Crippen LogP contribution in [-0.2, 0) is 16.1 Å². The number of carbonyl (C=O) groups excluding carboxylic acids is 1. The summed E-state index contributed by atoms with van der Waals surface area (Å²) in [6.07, 6.45) is 2.82. The highest BCUT2D eigenvalue weighted by atomic mass is 79.9. The normalized spacial score (nSPS) is 10.7. The van der Waals surface area contributed by atoms with Gasteiger partial charge in [-0.2, -0.15) is 0 Å². The molecule has 0 aliphatic rings. The number of ether oxygens (including phenoxy) is 3. The molecule has 4 nitrogen and oxygen atoms in total. The van der Waals surface area contributed by atoms with Crippen LogP contribution in [0.4, 0.5) is 4.39 Å². The third kappa shape index (κ3) is 4.58. The van der Waals surface area contributed by atoms with Gasteiger partial charge in [-0.25, -0.2) is 9.18 Å². The number of halogens is 2. The van der Waals surface area contributed by atoms with E-state index in [1.54, 1.807) is 36.4 Å². The van der Waals surface area contributed by atoms with Gasteiger partial charge in [0.2, 0.25) is 0 Å². The molecular weight excluding hydrogens is 379 g/mol. The molecule has 126 valence electrons. The average molecular weight is 395 g/mol. The van der Waals surface area contributed by atoms with E-state index >= 15 is 0 Å². The molecule has 0 unspecified atom stereocenters. The van der Waals surface area contributed by atoms with E-state index in [9.17, 15) is 9.18 Å². The van der Waals surface area contributed by atoms with E-state index in [1.165, 1.54) is 26.4 Å². The number of rotatable bonds is 6. The van der Waals surface area contributed by atoms with Crippen molar-refractivity contribution in [1.82, 2.24) is 0 Å². The monoisotopic (exact) mass is 394 g/mol. The fourth-order valence-electron chi connectivity index (χ4n) is 2.04. The Morgan fingerprint density at radius 2 is 2.00 bits per heavy atom. The SMILES string of the molecule is COc1cccc(/C=C/C(=O)OCc2ccc(Br)cc2F)c1OC. The zero-order chi connectivity index (χ0) is 17.5. The van der Waals surface area contributed by atoms with E-state index in [0.717, 1.165) is 0 Å². The average Bonchev–Trinajstić information content (AvgIpc) is 2.58. The minimum absolute atomic E-state index is 0.141. The van der Waals surface area contributed by atoms with Crippen LogP contribution in [0.5, 0.6) is 11.5 Å². The van der Waals surface area contributed by atoms with Gasteiger partial charge in [0, 0.05) is 21.7 Å². The van der Waals surface area contributed by atoms with Crippen LogP contribution in [0, 0.1) is 5.82 Å². The summed E-state index contributed by atoms with van der Waals surface area (Å²) in [6, 6.07) is 9.87. The first kappa shape index (κ1) is 18.0. The number of benzene rings is 2. The van der Waals surface area contributed by atoms with Crippen LogP contribution in [-0.4, -0.2) is 20.2 Å². The number of carbonyl (C=O) groups is 1. The number of methoxy groups -OCH3 is 2. The van der Waals surface area contributed by atoms with Gasteiger partial charge < -0.3 is 14.2 Å². The lowest BCUT2D eigenvalue weighted by Crippen LogP contribution is -2.02. The van der Waals surface area contributed by atoms with E-state index in [4.69, 9.17) is 14.2 Å². The van der Waals surface area contributed by atoms with E-state index < -0.39 is 11.8 Å². The zero-order valence-electron chi connectivity index (χ0n) is 13.2. The third-order valence-corrected chi connectivity index (χ3v) is 3.71. The molecule has 0 amide bonds. The summed E-state index contributed by atoms with van der Waals surface area (Å²) >= 11 is 3.17. The first-order valence-corrected chi connectivity index (χ1v) is 7.84. The van der Waals surface area contributed by atoms with Crippen molar-refractivity contribution >= 4 is 28.0 Å². The number of hydrogen-bond acceptors (Lipinski definition) is 4. The maximum atomic E-state index is 13.7. The standard InChI is InChI=1S/C18H16BrFO4/c1-22-16-5-3-4-12(18(16)23-2)7-9-17(21)24-11-13-6-8-14(19)10-15(13)20/h3-10H,11H2,1-2H3/b9-7+. The first-order chi connectivity index (χ1) is 11.5. The molecule has 0 bridgehead atoms. The Morgan fingerprint density at radius 3 is 2.67 bits per heavy atom. The predicted molar refractivity (Wildman–Crippen MR) is 92.5 cm³/mol. The Bertz CT molecular complexity index is 759. The van der Waals surface area contributed by atoms with Crippen molar-refractivity contribution in [1.29, 1.82) is 0 Å². The number of hydrogen-bond donors (Lipinski definition) is 0. The maximum absolute atomic E-state index is 13.7. The van der Waals surface area contributed by atoms with Crippen LogP contribution in [0.1, 0.15) is 11.1 Å². The molecule has 0 aliphatic carbocycles. The molecule has 24 heavy (non-hydrogen) atoms. The van der Waals surface area contributed by atoms with Gasteiger partial charge in [-0.1, -0.05) is 34.1 Å². The Morgan fingerprint density at radius 1 is 1.21 bits per heavy atom. The van der Waals surface area contributed by atoms with Gasteiger partial charge >= 0.3 is 5.97 Å². The Labute approximate surface area is 148 Å². The molecular formula is C18H16BrFO4. The van der Waals surface area contributed by atoms with Crippen molar-refractivity contribution in [2.75, 3.05) is 14.2 Å². The van der Waals surface area contributed by atoms with Gasteiger partial charge in [0.1, 0.15) is 12.4 Å². The van der Waals surface area contributed by atoms with Crippen LogP contribution >= 0.6 is 15.9 Å². The molecule has 0 radical (unpaired) electrons. The van der Waals surface area contributed by atoms with Crippen molar-refractivity contribution < 1.29 is 23.4 Å². The van der Waals surface area contributed by atoms with E-state index in [-0.39, 0.29) is 6.61 Å². The highest BCUT2D eigenvalue weighted by Gasteiger charge is 2.08. The van der Waals surface area contributed by atoms with E-state index in [0.29, 0.717) is 27.1 Å². The lowest BCUT2D eigenvalue weighted by Gasteiger charge is -2.09. The molecule has 2 aromatic carbocycles. The molecule has 0 spiro atoms. The molecule has 0 atom stereocenters. The molecule has 0 heterocycles. The van der Waals surface area contributed by atoms with Crippen LogP contribution in [0.3, 0.4) is 0 Å². The van der Waals surface area contributed by atoms with Crippen molar-refractivity contribution in [2.45, 2.75) is 6.61 Å². The predicted octanol–water partition coefficient (Wildman–Crippen LogP) is 4.36. The third-order valence-electron chi connectivity index (χ3n) is 3.22. The molecule has 2 aromatic rings. The molecule has 0 saturated carbocycles. The molecule has 6 heteroatoms. The summed E-state index contributed by atoms with van der Waals surface area (Å²) in [6.45, 7) is -0.141. The summed E-state index contributed by atoms with van der Waals surface area (Å²) < 4.78 is 29.8. The van der Waals surface area contributed by atoms with Gasteiger partial charge in [0.05, 0.1) is 14.2 Å².